The first kappa shape index (κ1) is 42.6. The van der Waals surface area contributed by atoms with E-state index >= 15 is 0 Å². The Morgan fingerprint density at radius 3 is 1.17 bits per heavy atom. The number of aromatic nitrogens is 1. The number of hydrogen-bond acceptors (Lipinski definition) is 1. The number of rotatable bonds is 10. The van der Waals surface area contributed by atoms with Gasteiger partial charge in [0.1, 0.15) is 0 Å². The molecule has 0 atom stereocenters. The summed E-state index contributed by atoms with van der Waals surface area (Å²) in [5, 5.41) is 4.99. The van der Waals surface area contributed by atoms with Crippen LogP contribution in [-0.4, -0.2) is 4.57 Å². The van der Waals surface area contributed by atoms with Gasteiger partial charge in [-0.2, -0.15) is 0 Å². The first-order valence-electron chi connectivity index (χ1n) is 24.7. The zero-order valence-corrected chi connectivity index (χ0v) is 39.6. The molecule has 0 fully saturated rings. The third-order valence-electron chi connectivity index (χ3n) is 14.2. The van der Waals surface area contributed by atoms with E-state index < -0.39 is 0 Å². The lowest BCUT2D eigenvalue weighted by Crippen LogP contribution is -2.09. The second-order valence-corrected chi connectivity index (χ2v) is 18.6. The highest BCUT2D eigenvalue weighted by Crippen LogP contribution is 2.41. The van der Waals surface area contributed by atoms with Crippen molar-refractivity contribution in [2.24, 2.45) is 0 Å². The minimum Gasteiger partial charge on any atom is -0.311 e. The predicted molar refractivity (Wildman–Crippen MR) is 306 cm³/mol. The van der Waals surface area contributed by atoms with Crippen molar-refractivity contribution in [1.82, 2.24) is 4.57 Å². The van der Waals surface area contributed by atoms with E-state index in [1.54, 1.807) is 0 Å². The summed E-state index contributed by atoms with van der Waals surface area (Å²) in [4.78, 5) is 2.37. The normalized spacial score (nSPS) is 11.3. The Kier molecular flexibility index (Phi) is 10.9. The Bertz CT molecular complexity index is 3980. The maximum Gasteiger partial charge on any atom is 0.0541 e. The van der Waals surface area contributed by atoms with Gasteiger partial charge in [0.05, 0.1) is 11.0 Å². The predicted octanol–water partition coefficient (Wildman–Crippen LogP) is 19.4. The van der Waals surface area contributed by atoms with Gasteiger partial charge in [-0.05, 0) is 175 Å². The molecular formula is C70H48N2. The zero-order chi connectivity index (χ0) is 47.8. The third kappa shape index (κ3) is 8.11. The molecule has 2 heteroatoms. The Hall–Kier alpha value is -9.50. The van der Waals surface area contributed by atoms with Gasteiger partial charge in [-0.25, -0.2) is 0 Å². The lowest BCUT2D eigenvalue weighted by molar-refractivity contribution is 1.18. The minimum atomic E-state index is 1.08. The van der Waals surface area contributed by atoms with Gasteiger partial charge in [-0.15, -0.1) is 0 Å². The molecule has 0 N–H and O–H groups in total. The molecule has 0 radical (unpaired) electrons. The molecule has 13 rings (SSSR count). The van der Waals surface area contributed by atoms with Crippen LogP contribution in [-0.2, 0) is 0 Å². The second-order valence-electron chi connectivity index (χ2n) is 18.6. The second kappa shape index (κ2) is 18.4. The molecule has 0 bridgehead atoms. The van der Waals surface area contributed by atoms with E-state index in [2.05, 4.69) is 301 Å². The van der Waals surface area contributed by atoms with Crippen LogP contribution < -0.4 is 4.90 Å². The fourth-order valence-corrected chi connectivity index (χ4v) is 10.5. The third-order valence-corrected chi connectivity index (χ3v) is 14.2. The summed E-state index contributed by atoms with van der Waals surface area (Å²) in [7, 11) is 0. The van der Waals surface area contributed by atoms with Crippen LogP contribution in [0.2, 0.25) is 0 Å². The summed E-state index contributed by atoms with van der Waals surface area (Å²) in [5.74, 6) is 0. The van der Waals surface area contributed by atoms with E-state index in [9.17, 15) is 0 Å². The number of fused-ring (bicyclic) bond motifs is 4. The quantitative estimate of drug-likeness (QED) is 0.133. The van der Waals surface area contributed by atoms with Crippen molar-refractivity contribution in [3.8, 4) is 72.4 Å². The average molecular weight is 917 g/mol. The van der Waals surface area contributed by atoms with Gasteiger partial charge in [0, 0.05) is 33.5 Å². The van der Waals surface area contributed by atoms with Crippen LogP contribution in [0.25, 0.3) is 105 Å². The Morgan fingerprint density at radius 1 is 0.208 bits per heavy atom. The van der Waals surface area contributed by atoms with E-state index in [1.807, 2.05) is 0 Å². The maximum atomic E-state index is 2.37. The van der Waals surface area contributed by atoms with Crippen molar-refractivity contribution in [3.05, 3.63) is 291 Å². The lowest BCUT2D eigenvalue weighted by Gasteiger charge is -2.26. The lowest BCUT2D eigenvalue weighted by atomic mass is 9.93. The van der Waals surface area contributed by atoms with Crippen molar-refractivity contribution >= 4 is 49.6 Å². The molecule has 0 aliphatic rings. The standard InChI is InChI=1S/C70H48N2/c1-4-15-49(16-5-1)60-45-61(50-17-6-2-7-18-50)47-62(46-60)54-33-40-66(41-34-54)71(64-36-29-52(30-37-64)56-21-14-22-57(43-56)58-28-27-51-19-10-11-20-55(51)44-58)65-38-31-53(32-39-65)59-35-42-70-68(48-59)67-25-12-13-26-69(67)72(70)63-23-8-3-9-24-63/h1-48H. The molecule has 0 spiro atoms. The molecule has 338 valence electrons. The molecule has 72 heavy (non-hydrogen) atoms. The van der Waals surface area contributed by atoms with Crippen molar-refractivity contribution in [1.29, 1.82) is 0 Å². The van der Waals surface area contributed by atoms with Crippen LogP contribution in [0.4, 0.5) is 17.1 Å². The molecule has 0 saturated carbocycles. The number of anilines is 3. The summed E-state index contributed by atoms with van der Waals surface area (Å²) in [6, 6.07) is 106. The SMILES string of the molecule is c1ccc(-c2cc(-c3ccccc3)cc(-c3ccc(N(c4ccc(-c5cccc(-c6ccc7ccccc7c6)c5)cc4)c4ccc(-c5ccc6c(c5)c5ccccc5n6-c5ccccc5)cc4)cc3)c2)cc1. The molecule has 0 aliphatic heterocycles. The van der Waals surface area contributed by atoms with Crippen molar-refractivity contribution in [2.45, 2.75) is 0 Å². The smallest absolute Gasteiger partial charge is 0.0541 e. The average Bonchev–Trinajstić information content (AvgIpc) is 3.80. The number of para-hydroxylation sites is 2. The summed E-state index contributed by atoms with van der Waals surface area (Å²) >= 11 is 0. The maximum absolute atomic E-state index is 2.37. The minimum absolute atomic E-state index is 1.08. The van der Waals surface area contributed by atoms with Gasteiger partial charge in [0.15, 0.2) is 0 Å². The van der Waals surface area contributed by atoms with Gasteiger partial charge < -0.3 is 9.47 Å². The van der Waals surface area contributed by atoms with Crippen molar-refractivity contribution < 1.29 is 0 Å². The highest BCUT2D eigenvalue weighted by Gasteiger charge is 2.17. The van der Waals surface area contributed by atoms with Crippen molar-refractivity contribution in [2.75, 3.05) is 4.90 Å². The molecule has 0 aliphatic carbocycles. The van der Waals surface area contributed by atoms with Gasteiger partial charge in [-0.1, -0.05) is 194 Å². The van der Waals surface area contributed by atoms with E-state index in [-0.39, 0.29) is 0 Å². The Labute approximate surface area is 420 Å². The van der Waals surface area contributed by atoms with Gasteiger partial charge in [-0.3, -0.25) is 0 Å². The van der Waals surface area contributed by atoms with Crippen LogP contribution in [0, 0.1) is 0 Å². The number of nitrogens with zero attached hydrogens (tertiary/aromatic N) is 2. The highest BCUT2D eigenvalue weighted by molar-refractivity contribution is 6.10. The zero-order valence-electron chi connectivity index (χ0n) is 39.6. The first-order valence-corrected chi connectivity index (χ1v) is 24.7. The fourth-order valence-electron chi connectivity index (χ4n) is 10.5. The summed E-state index contributed by atoms with van der Waals surface area (Å²) in [6.07, 6.45) is 0. The first-order chi connectivity index (χ1) is 35.7. The molecule has 2 nitrogen and oxygen atoms in total. The van der Waals surface area contributed by atoms with E-state index in [0.29, 0.717) is 0 Å². The largest absolute Gasteiger partial charge is 0.311 e. The molecule has 1 heterocycles. The van der Waals surface area contributed by atoms with Crippen LogP contribution in [0.1, 0.15) is 0 Å². The molecule has 0 saturated heterocycles. The molecule has 13 aromatic rings. The van der Waals surface area contributed by atoms with E-state index in [4.69, 9.17) is 0 Å². The van der Waals surface area contributed by atoms with Crippen LogP contribution >= 0.6 is 0 Å². The Morgan fingerprint density at radius 2 is 0.583 bits per heavy atom. The number of benzene rings is 12. The van der Waals surface area contributed by atoms with Gasteiger partial charge in [0.2, 0.25) is 0 Å². The molecular weight excluding hydrogens is 869 g/mol. The molecule has 12 aromatic carbocycles. The fraction of sp³-hybridized carbons (Fsp3) is 0. The van der Waals surface area contributed by atoms with Crippen molar-refractivity contribution in [3.63, 3.8) is 0 Å². The van der Waals surface area contributed by atoms with E-state index in [0.717, 1.165) is 28.3 Å². The molecule has 0 unspecified atom stereocenters. The van der Waals surface area contributed by atoms with Gasteiger partial charge in [0.25, 0.3) is 0 Å². The monoisotopic (exact) mass is 916 g/mol. The van der Waals surface area contributed by atoms with Crippen LogP contribution in [0.15, 0.2) is 291 Å². The topological polar surface area (TPSA) is 8.17 Å². The molecule has 1 aromatic heterocycles. The number of hydrogen-bond donors (Lipinski definition) is 0. The van der Waals surface area contributed by atoms with E-state index in [1.165, 1.54) is 93.8 Å². The summed E-state index contributed by atoms with van der Waals surface area (Å²) < 4.78 is 2.37. The van der Waals surface area contributed by atoms with Crippen LogP contribution in [0.3, 0.4) is 0 Å². The summed E-state index contributed by atoms with van der Waals surface area (Å²) in [5.41, 5.74) is 21.1. The van der Waals surface area contributed by atoms with Gasteiger partial charge >= 0.3 is 0 Å². The van der Waals surface area contributed by atoms with Crippen LogP contribution in [0.5, 0.6) is 0 Å². The summed E-state index contributed by atoms with van der Waals surface area (Å²) in [6.45, 7) is 0. The Balaban J connectivity index is 0.875. The molecule has 0 amide bonds. The highest BCUT2D eigenvalue weighted by atomic mass is 15.1.